The summed E-state index contributed by atoms with van der Waals surface area (Å²) in [5, 5.41) is 11.0. The van der Waals surface area contributed by atoms with Gasteiger partial charge in [0, 0.05) is 19.6 Å². The molecule has 5 nitrogen and oxygen atoms in total. The zero-order chi connectivity index (χ0) is 11.1. The van der Waals surface area contributed by atoms with Gasteiger partial charge < -0.3 is 15.3 Å². The molecule has 80 valence electrons. The van der Waals surface area contributed by atoms with E-state index in [4.69, 9.17) is 5.11 Å². The van der Waals surface area contributed by atoms with Gasteiger partial charge in [-0.3, -0.25) is 4.79 Å². The maximum absolute atomic E-state index is 11.3. The number of urea groups is 1. The third kappa shape index (κ3) is 5.18. The lowest BCUT2D eigenvalue weighted by atomic mass is 10.2. The van der Waals surface area contributed by atoms with Gasteiger partial charge in [0.05, 0.1) is 6.42 Å². The van der Waals surface area contributed by atoms with E-state index < -0.39 is 5.97 Å². The average molecular weight is 200 g/mol. The molecule has 1 unspecified atom stereocenters. The Morgan fingerprint density at radius 2 is 2.21 bits per heavy atom. The predicted octanol–water partition coefficient (Wildman–Crippen LogP) is 0.677. The van der Waals surface area contributed by atoms with Crippen molar-refractivity contribution < 1.29 is 14.7 Å². The van der Waals surface area contributed by atoms with Crippen LogP contribution in [-0.4, -0.2) is 41.6 Å². The Kier molecular flexibility index (Phi) is 5.36. The zero-order valence-electron chi connectivity index (χ0n) is 8.49. The molecule has 2 N–H and O–H groups in total. The summed E-state index contributed by atoms with van der Waals surface area (Å²) in [6, 6.07) is -0.661. The largest absolute Gasteiger partial charge is 0.481 e. The molecule has 0 heterocycles. The molecular formula is C9H16N2O3. The molecule has 1 atom stereocenters. The van der Waals surface area contributed by atoms with E-state index in [1.807, 2.05) is 0 Å². The van der Waals surface area contributed by atoms with Crippen LogP contribution in [0.4, 0.5) is 4.79 Å². The van der Waals surface area contributed by atoms with E-state index in [1.54, 1.807) is 20.0 Å². The molecule has 0 aromatic rings. The topological polar surface area (TPSA) is 69.6 Å². The average Bonchev–Trinajstić information content (AvgIpc) is 2.02. The van der Waals surface area contributed by atoms with E-state index in [2.05, 4.69) is 11.9 Å². The number of carboxylic acids is 1. The quantitative estimate of drug-likeness (QED) is 0.641. The molecule has 0 spiro atoms. The van der Waals surface area contributed by atoms with E-state index >= 15 is 0 Å². The zero-order valence-corrected chi connectivity index (χ0v) is 8.49. The van der Waals surface area contributed by atoms with Gasteiger partial charge in [-0.05, 0) is 6.92 Å². The molecule has 0 aromatic heterocycles. The van der Waals surface area contributed by atoms with Gasteiger partial charge in [0.2, 0.25) is 0 Å². The fourth-order valence-corrected chi connectivity index (χ4v) is 0.911. The van der Waals surface area contributed by atoms with E-state index in [1.165, 1.54) is 4.90 Å². The van der Waals surface area contributed by atoms with Crippen molar-refractivity contribution in [3.63, 3.8) is 0 Å². The number of nitrogens with one attached hydrogen (secondary N) is 1. The Morgan fingerprint density at radius 3 is 2.64 bits per heavy atom. The number of hydrogen-bond donors (Lipinski definition) is 2. The molecule has 0 saturated carbocycles. The van der Waals surface area contributed by atoms with Crippen LogP contribution in [-0.2, 0) is 4.79 Å². The Balaban J connectivity index is 3.92. The molecule has 0 aromatic carbocycles. The van der Waals surface area contributed by atoms with Crippen molar-refractivity contribution in [2.24, 2.45) is 0 Å². The summed E-state index contributed by atoms with van der Waals surface area (Å²) >= 11 is 0. The van der Waals surface area contributed by atoms with Crippen LogP contribution in [0.1, 0.15) is 13.3 Å². The highest BCUT2D eigenvalue weighted by atomic mass is 16.4. The van der Waals surface area contributed by atoms with Crippen LogP contribution in [0, 0.1) is 0 Å². The summed E-state index contributed by atoms with van der Waals surface area (Å²) in [5.41, 5.74) is 0. The summed E-state index contributed by atoms with van der Waals surface area (Å²) in [6.07, 6.45) is 1.52. The fraction of sp³-hybridized carbons (Fsp3) is 0.556. The van der Waals surface area contributed by atoms with Gasteiger partial charge in [0.25, 0.3) is 0 Å². The van der Waals surface area contributed by atoms with Crippen LogP contribution < -0.4 is 5.32 Å². The lowest BCUT2D eigenvalue weighted by Crippen LogP contribution is -2.42. The number of nitrogens with zero attached hydrogens (tertiary/aromatic N) is 1. The first-order valence-electron chi connectivity index (χ1n) is 4.31. The molecule has 0 saturated heterocycles. The van der Waals surface area contributed by atoms with Gasteiger partial charge in [-0.2, -0.15) is 0 Å². The highest BCUT2D eigenvalue weighted by molar-refractivity contribution is 5.75. The lowest BCUT2D eigenvalue weighted by molar-refractivity contribution is -0.137. The maximum atomic E-state index is 11.3. The molecule has 0 aliphatic carbocycles. The number of carbonyl (C=O) groups excluding carboxylic acids is 1. The fourth-order valence-electron chi connectivity index (χ4n) is 0.911. The van der Waals surface area contributed by atoms with Gasteiger partial charge in [0.15, 0.2) is 0 Å². The van der Waals surface area contributed by atoms with Crippen molar-refractivity contribution >= 4 is 12.0 Å². The number of rotatable bonds is 5. The van der Waals surface area contributed by atoms with Crippen molar-refractivity contribution in [3.8, 4) is 0 Å². The molecule has 0 fully saturated rings. The van der Waals surface area contributed by atoms with Crippen LogP contribution in [0.15, 0.2) is 12.7 Å². The minimum Gasteiger partial charge on any atom is -0.481 e. The second kappa shape index (κ2) is 6.01. The Bertz CT molecular complexity index is 228. The molecule has 0 bridgehead atoms. The number of aliphatic carboxylic acids is 1. The first-order chi connectivity index (χ1) is 6.47. The van der Waals surface area contributed by atoms with Crippen LogP contribution in [0.3, 0.4) is 0 Å². The van der Waals surface area contributed by atoms with E-state index in [-0.39, 0.29) is 18.5 Å². The molecule has 0 rings (SSSR count). The van der Waals surface area contributed by atoms with E-state index in [0.717, 1.165) is 0 Å². The maximum Gasteiger partial charge on any atom is 0.317 e. The monoisotopic (exact) mass is 200 g/mol. The van der Waals surface area contributed by atoms with Crippen LogP contribution >= 0.6 is 0 Å². The highest BCUT2D eigenvalue weighted by Crippen LogP contribution is 1.92. The Hall–Kier alpha value is -1.52. The molecular weight excluding hydrogens is 184 g/mol. The minimum absolute atomic E-state index is 0.0757. The molecule has 5 heteroatoms. The highest BCUT2D eigenvalue weighted by Gasteiger charge is 2.12. The third-order valence-corrected chi connectivity index (χ3v) is 1.60. The van der Waals surface area contributed by atoms with Crippen molar-refractivity contribution in [2.75, 3.05) is 13.6 Å². The predicted molar refractivity (Wildman–Crippen MR) is 53.1 cm³/mol. The van der Waals surface area contributed by atoms with Gasteiger partial charge in [-0.25, -0.2) is 4.79 Å². The van der Waals surface area contributed by atoms with Crippen LogP contribution in [0.5, 0.6) is 0 Å². The van der Waals surface area contributed by atoms with E-state index in [9.17, 15) is 9.59 Å². The second-order valence-corrected chi connectivity index (χ2v) is 3.12. The number of amides is 2. The molecule has 0 aliphatic heterocycles. The minimum atomic E-state index is -0.927. The van der Waals surface area contributed by atoms with Crippen LogP contribution in [0.2, 0.25) is 0 Å². The van der Waals surface area contributed by atoms with Gasteiger partial charge >= 0.3 is 12.0 Å². The van der Waals surface area contributed by atoms with Crippen molar-refractivity contribution in [3.05, 3.63) is 12.7 Å². The normalized spacial score (nSPS) is 11.6. The second-order valence-electron chi connectivity index (χ2n) is 3.12. The molecule has 14 heavy (non-hydrogen) atoms. The summed E-state index contributed by atoms with van der Waals surface area (Å²) in [7, 11) is 1.62. The molecule has 0 radical (unpaired) electrons. The van der Waals surface area contributed by atoms with Gasteiger partial charge in [0.1, 0.15) is 0 Å². The number of carbonyl (C=O) groups is 2. The molecule has 2 amide bonds. The Morgan fingerprint density at radius 1 is 1.64 bits per heavy atom. The summed E-state index contributed by atoms with van der Waals surface area (Å²) in [6.45, 7) is 5.58. The first kappa shape index (κ1) is 12.5. The van der Waals surface area contributed by atoms with Crippen molar-refractivity contribution in [1.29, 1.82) is 0 Å². The molecule has 0 aliphatic rings. The lowest BCUT2D eigenvalue weighted by Gasteiger charge is -2.18. The summed E-state index contributed by atoms with van der Waals surface area (Å²) < 4.78 is 0. The number of likely N-dealkylation sites (N-methyl/N-ethyl adjacent to an activating group) is 1. The number of carboxylic acid groups (broad SMARTS) is 1. The Labute approximate surface area is 83.4 Å². The van der Waals surface area contributed by atoms with E-state index in [0.29, 0.717) is 6.54 Å². The van der Waals surface area contributed by atoms with Gasteiger partial charge in [-0.15, -0.1) is 6.58 Å². The smallest absolute Gasteiger partial charge is 0.317 e. The first-order valence-corrected chi connectivity index (χ1v) is 4.31. The van der Waals surface area contributed by atoms with Crippen LogP contribution in [0.25, 0.3) is 0 Å². The standard InChI is InChI=1S/C9H16N2O3/c1-4-5-11(3)9(14)10-7(2)6-8(12)13/h4,7H,1,5-6H2,2-3H3,(H,10,14)(H,12,13). The van der Waals surface area contributed by atoms with Crippen molar-refractivity contribution in [2.45, 2.75) is 19.4 Å². The summed E-state index contributed by atoms with van der Waals surface area (Å²) in [4.78, 5) is 23.0. The third-order valence-electron chi connectivity index (χ3n) is 1.60. The van der Waals surface area contributed by atoms with Gasteiger partial charge in [-0.1, -0.05) is 6.08 Å². The number of hydrogen-bond acceptors (Lipinski definition) is 2. The summed E-state index contributed by atoms with van der Waals surface area (Å²) in [5.74, 6) is -0.927. The van der Waals surface area contributed by atoms with Crippen molar-refractivity contribution in [1.82, 2.24) is 10.2 Å². The SMILES string of the molecule is C=CCN(C)C(=O)NC(C)CC(=O)O.